The minimum absolute atomic E-state index is 0.173. The number of para-hydroxylation sites is 1. The van der Waals surface area contributed by atoms with Crippen LogP contribution in [0.2, 0.25) is 0 Å². The lowest BCUT2D eigenvalue weighted by Gasteiger charge is -2.40. The molecule has 1 aliphatic rings. The molecule has 10 heteroatoms. The molecule has 2 atom stereocenters. The number of anilines is 1. The maximum absolute atomic E-state index is 6.09. The molecule has 3 aromatic heterocycles. The molecule has 0 saturated carbocycles. The summed E-state index contributed by atoms with van der Waals surface area (Å²) in [5, 5.41) is 8.60. The molecule has 2 N–H and O–H groups in total. The second-order valence-corrected chi connectivity index (χ2v) is 9.87. The van der Waals surface area contributed by atoms with Crippen LogP contribution in [0.15, 0.2) is 54.7 Å². The molecule has 0 aliphatic carbocycles. The molecule has 10 nitrogen and oxygen atoms in total. The number of hydrogen-bond donors (Lipinski definition) is 2. The molecular formula is C28H31N7O3. The van der Waals surface area contributed by atoms with Crippen molar-refractivity contribution in [3.63, 3.8) is 0 Å². The molecule has 6 rings (SSSR count). The van der Waals surface area contributed by atoms with Crippen molar-refractivity contribution in [2.75, 3.05) is 45.8 Å². The third-order valence-corrected chi connectivity index (χ3v) is 6.82. The number of hydrogen-bond acceptors (Lipinski definition) is 8. The number of H-pyrrole nitrogens is 2. The van der Waals surface area contributed by atoms with Gasteiger partial charge in [0.25, 0.3) is 5.88 Å². The Morgan fingerprint density at radius 3 is 2.84 bits per heavy atom. The van der Waals surface area contributed by atoms with Gasteiger partial charge in [0, 0.05) is 36.4 Å². The lowest BCUT2D eigenvalue weighted by molar-refractivity contribution is 0.00880. The van der Waals surface area contributed by atoms with Gasteiger partial charge in [0.15, 0.2) is 17.3 Å². The SMILES string of the molecule is COc1cccnc1Oc1cccc2c(-c3nc4ccc(N5CC(CN(C)C)OCC5C)cc4[nH]3)n[nH]c12. The van der Waals surface area contributed by atoms with Gasteiger partial charge in [-0.25, -0.2) is 9.97 Å². The van der Waals surface area contributed by atoms with Gasteiger partial charge in [-0.1, -0.05) is 12.1 Å². The van der Waals surface area contributed by atoms with Crippen molar-refractivity contribution >= 4 is 27.6 Å². The Morgan fingerprint density at radius 1 is 1.13 bits per heavy atom. The first-order chi connectivity index (χ1) is 18.5. The monoisotopic (exact) mass is 513 g/mol. The smallest absolute Gasteiger partial charge is 0.262 e. The Hall–Kier alpha value is -4.15. The van der Waals surface area contributed by atoms with Crippen LogP contribution in [0.3, 0.4) is 0 Å². The number of methoxy groups -OCH3 is 1. The third-order valence-electron chi connectivity index (χ3n) is 6.82. The predicted octanol–water partition coefficient (Wildman–Crippen LogP) is 4.46. The van der Waals surface area contributed by atoms with Crippen LogP contribution in [0.25, 0.3) is 33.5 Å². The maximum atomic E-state index is 6.09. The number of nitrogens with zero attached hydrogens (tertiary/aromatic N) is 5. The van der Waals surface area contributed by atoms with E-state index in [9.17, 15) is 0 Å². The molecule has 2 aromatic carbocycles. The van der Waals surface area contributed by atoms with E-state index in [1.165, 1.54) is 0 Å². The molecule has 0 spiro atoms. The van der Waals surface area contributed by atoms with Crippen LogP contribution < -0.4 is 14.4 Å². The highest BCUT2D eigenvalue weighted by Crippen LogP contribution is 2.36. The van der Waals surface area contributed by atoms with Crippen LogP contribution in [0, 0.1) is 0 Å². The number of rotatable bonds is 7. The molecule has 1 aliphatic heterocycles. The van der Waals surface area contributed by atoms with E-state index >= 15 is 0 Å². The fourth-order valence-corrected chi connectivity index (χ4v) is 4.98. The average Bonchev–Trinajstić information content (AvgIpc) is 3.54. The van der Waals surface area contributed by atoms with Crippen molar-refractivity contribution in [2.24, 2.45) is 0 Å². The Bertz CT molecular complexity index is 1580. The van der Waals surface area contributed by atoms with Crippen LogP contribution in [0.1, 0.15) is 6.92 Å². The van der Waals surface area contributed by atoms with Gasteiger partial charge >= 0.3 is 0 Å². The van der Waals surface area contributed by atoms with Crippen molar-refractivity contribution in [1.82, 2.24) is 30.0 Å². The number of aromatic nitrogens is 5. The first kappa shape index (κ1) is 24.2. The number of aromatic amines is 2. The van der Waals surface area contributed by atoms with Crippen molar-refractivity contribution in [3.05, 3.63) is 54.7 Å². The van der Waals surface area contributed by atoms with Gasteiger partial charge in [0.1, 0.15) is 11.2 Å². The Labute approximate surface area is 220 Å². The van der Waals surface area contributed by atoms with Gasteiger partial charge in [0.05, 0.1) is 30.9 Å². The number of likely N-dealkylation sites (N-methyl/N-ethyl adjacent to an activating group) is 1. The van der Waals surface area contributed by atoms with Crippen LogP contribution in [-0.4, -0.2) is 83.1 Å². The zero-order valence-corrected chi connectivity index (χ0v) is 21.9. The average molecular weight is 514 g/mol. The van der Waals surface area contributed by atoms with Gasteiger partial charge in [-0.15, -0.1) is 0 Å². The van der Waals surface area contributed by atoms with E-state index in [1.54, 1.807) is 19.4 Å². The molecule has 0 bridgehead atoms. The van der Waals surface area contributed by atoms with Gasteiger partial charge in [-0.3, -0.25) is 5.10 Å². The third kappa shape index (κ3) is 4.52. The first-order valence-corrected chi connectivity index (χ1v) is 12.7. The van der Waals surface area contributed by atoms with Gasteiger partial charge in [-0.05, 0) is 57.4 Å². The quantitative estimate of drug-likeness (QED) is 0.329. The highest BCUT2D eigenvalue weighted by atomic mass is 16.5. The fourth-order valence-electron chi connectivity index (χ4n) is 4.98. The first-order valence-electron chi connectivity index (χ1n) is 12.7. The van der Waals surface area contributed by atoms with Crippen molar-refractivity contribution in [2.45, 2.75) is 19.1 Å². The summed E-state index contributed by atoms with van der Waals surface area (Å²) in [5.74, 6) is 2.24. The zero-order chi connectivity index (χ0) is 26.2. The molecule has 0 radical (unpaired) electrons. The second kappa shape index (κ2) is 9.96. The standard InChI is InChI=1S/C28H31N7O3/c1-17-16-37-19(14-34(2)3)15-35(17)18-10-11-21-22(13-18)31-27(30-21)26-20-7-5-8-23(25(20)32-33-26)38-28-24(36-4)9-6-12-29-28/h5-13,17,19H,14-16H2,1-4H3,(H,30,31)(H,32,33). The largest absolute Gasteiger partial charge is 0.491 e. The zero-order valence-electron chi connectivity index (χ0n) is 21.9. The lowest BCUT2D eigenvalue weighted by atomic mass is 10.1. The summed E-state index contributed by atoms with van der Waals surface area (Å²) in [6.07, 6.45) is 1.84. The molecule has 38 heavy (non-hydrogen) atoms. The Kier molecular flexibility index (Phi) is 6.34. The van der Waals surface area contributed by atoms with Crippen LogP contribution in [0.4, 0.5) is 5.69 Å². The van der Waals surface area contributed by atoms with Gasteiger partial charge in [-0.2, -0.15) is 5.10 Å². The molecular weight excluding hydrogens is 482 g/mol. The molecule has 0 amide bonds. The highest BCUT2D eigenvalue weighted by molar-refractivity contribution is 5.96. The van der Waals surface area contributed by atoms with E-state index in [0.717, 1.165) is 46.4 Å². The number of ether oxygens (including phenoxy) is 3. The summed E-state index contributed by atoms with van der Waals surface area (Å²) in [4.78, 5) is 17.2. The molecule has 5 aromatic rings. The fraction of sp³-hybridized carbons (Fsp3) is 0.321. The number of morpholine rings is 1. The van der Waals surface area contributed by atoms with E-state index < -0.39 is 0 Å². The van der Waals surface area contributed by atoms with Gasteiger partial charge in [0.2, 0.25) is 0 Å². The second-order valence-electron chi connectivity index (χ2n) is 9.87. The molecule has 196 valence electrons. The lowest BCUT2D eigenvalue weighted by Crippen LogP contribution is -2.51. The summed E-state index contributed by atoms with van der Waals surface area (Å²) in [6.45, 7) is 4.65. The minimum Gasteiger partial charge on any atom is -0.491 e. The number of imidazole rings is 1. The summed E-state index contributed by atoms with van der Waals surface area (Å²) in [6, 6.07) is 16.1. The molecule has 1 saturated heterocycles. The van der Waals surface area contributed by atoms with Crippen molar-refractivity contribution in [1.29, 1.82) is 0 Å². The molecule has 2 unspecified atom stereocenters. The summed E-state index contributed by atoms with van der Waals surface area (Å²) in [5.41, 5.74) is 4.48. The topological polar surface area (TPSA) is 104 Å². The van der Waals surface area contributed by atoms with Crippen molar-refractivity contribution < 1.29 is 14.2 Å². The number of fused-ring (bicyclic) bond motifs is 2. The van der Waals surface area contributed by atoms with Crippen LogP contribution in [-0.2, 0) is 4.74 Å². The number of benzene rings is 2. The van der Waals surface area contributed by atoms with E-state index in [0.29, 0.717) is 35.9 Å². The summed E-state index contributed by atoms with van der Waals surface area (Å²) < 4.78 is 17.5. The Balaban J connectivity index is 1.31. The highest BCUT2D eigenvalue weighted by Gasteiger charge is 2.27. The number of nitrogens with one attached hydrogen (secondary N) is 2. The minimum atomic E-state index is 0.173. The van der Waals surface area contributed by atoms with Gasteiger partial charge < -0.3 is 29.0 Å². The normalized spacial score (nSPS) is 18.0. The molecule has 1 fully saturated rings. The van der Waals surface area contributed by atoms with E-state index in [1.807, 2.05) is 24.3 Å². The summed E-state index contributed by atoms with van der Waals surface area (Å²) in [7, 11) is 5.74. The predicted molar refractivity (Wildman–Crippen MR) is 147 cm³/mol. The van der Waals surface area contributed by atoms with Crippen molar-refractivity contribution in [3.8, 4) is 28.9 Å². The maximum Gasteiger partial charge on any atom is 0.262 e. The van der Waals surface area contributed by atoms with Crippen LogP contribution in [0.5, 0.6) is 17.4 Å². The number of pyridine rings is 1. The van der Waals surface area contributed by atoms with E-state index in [4.69, 9.17) is 19.2 Å². The molecule has 4 heterocycles. The van der Waals surface area contributed by atoms with Crippen LogP contribution >= 0.6 is 0 Å². The summed E-state index contributed by atoms with van der Waals surface area (Å²) >= 11 is 0. The Morgan fingerprint density at radius 2 is 2.00 bits per heavy atom. The van der Waals surface area contributed by atoms with E-state index in [-0.39, 0.29) is 6.10 Å². The van der Waals surface area contributed by atoms with E-state index in [2.05, 4.69) is 69.2 Å².